The van der Waals surface area contributed by atoms with Crippen molar-refractivity contribution < 1.29 is 36.2 Å². The van der Waals surface area contributed by atoms with Crippen LogP contribution in [-0.2, 0) is 17.4 Å². The molecule has 3 rings (SSSR count). The van der Waals surface area contributed by atoms with E-state index in [1.807, 2.05) is 24.3 Å². The fraction of sp³-hybridized carbons (Fsp3) is 0.263. The molecule has 3 aromatic rings. The molecule has 0 fully saturated rings. The highest BCUT2D eigenvalue weighted by atomic mass is 32.1. The molecule has 30 heavy (non-hydrogen) atoms. The van der Waals surface area contributed by atoms with Gasteiger partial charge in [-0.3, -0.25) is 0 Å². The summed E-state index contributed by atoms with van der Waals surface area (Å²) < 4.78 is 69.5. The fourth-order valence-electron chi connectivity index (χ4n) is 2.53. The lowest BCUT2D eigenvalue weighted by molar-refractivity contribution is -0.192. The third-order valence-corrected chi connectivity index (χ3v) is 4.46. The van der Waals surface area contributed by atoms with Gasteiger partial charge in [-0.25, -0.2) is 9.78 Å². The van der Waals surface area contributed by atoms with Gasteiger partial charge in [0.25, 0.3) is 0 Å². The standard InChI is InChI=1S/C17H15F3N2S.C2HF3O2/c18-17(19,20)13-7-5-11(6-8-13)9-12(10-23)16-21-14-3-1-2-4-15(14)22-16;3-2(4,5)1(6)7/h1-8,12,23H,9-10H2,(H,21,22);(H,6,7)/t12-;/m1./s1. The molecule has 162 valence electrons. The number of thiol groups is 1. The van der Waals surface area contributed by atoms with E-state index in [0.29, 0.717) is 12.2 Å². The van der Waals surface area contributed by atoms with Gasteiger partial charge in [-0.1, -0.05) is 24.3 Å². The molecule has 2 N–H and O–H groups in total. The van der Waals surface area contributed by atoms with Crippen LogP contribution in [-0.4, -0.2) is 33.0 Å². The molecule has 0 aliphatic carbocycles. The molecular weight excluding hydrogens is 434 g/mol. The second-order valence-electron chi connectivity index (χ2n) is 6.22. The number of hydrogen-bond donors (Lipinski definition) is 3. The first kappa shape index (κ1) is 23.6. The zero-order valence-electron chi connectivity index (χ0n) is 15.1. The number of imidazole rings is 1. The number of alkyl halides is 6. The van der Waals surface area contributed by atoms with Gasteiger partial charge in [0.1, 0.15) is 5.82 Å². The van der Waals surface area contributed by atoms with Crippen molar-refractivity contribution >= 4 is 29.6 Å². The minimum absolute atomic E-state index is 0.0162. The van der Waals surface area contributed by atoms with Crippen molar-refractivity contribution in [2.24, 2.45) is 0 Å². The number of benzene rings is 2. The van der Waals surface area contributed by atoms with Crippen molar-refractivity contribution in [3.05, 3.63) is 65.5 Å². The summed E-state index contributed by atoms with van der Waals surface area (Å²) in [6.07, 6.45) is -8.80. The highest BCUT2D eigenvalue weighted by Gasteiger charge is 2.38. The maximum Gasteiger partial charge on any atom is 0.490 e. The molecule has 0 saturated carbocycles. The van der Waals surface area contributed by atoms with Crippen LogP contribution >= 0.6 is 12.6 Å². The Morgan fingerprint density at radius 2 is 1.60 bits per heavy atom. The van der Waals surface area contributed by atoms with Crippen LogP contribution in [0, 0.1) is 0 Å². The summed E-state index contributed by atoms with van der Waals surface area (Å²) in [6, 6.07) is 13.0. The Labute approximate surface area is 172 Å². The SMILES string of the molecule is FC(F)(F)c1ccc(C[C@H](CS)c2nc3ccccc3[nH]2)cc1.O=C(O)C(F)(F)F. The van der Waals surface area contributed by atoms with Gasteiger partial charge in [-0.15, -0.1) is 0 Å². The van der Waals surface area contributed by atoms with Gasteiger partial charge in [0, 0.05) is 11.7 Å². The molecule has 1 atom stereocenters. The van der Waals surface area contributed by atoms with Gasteiger partial charge < -0.3 is 10.1 Å². The number of carbonyl (C=O) groups is 1. The van der Waals surface area contributed by atoms with Gasteiger partial charge in [0.15, 0.2) is 0 Å². The van der Waals surface area contributed by atoms with Crippen LogP contribution in [0.1, 0.15) is 22.9 Å². The van der Waals surface area contributed by atoms with Crippen molar-refractivity contribution in [3.8, 4) is 0 Å². The van der Waals surface area contributed by atoms with Crippen molar-refractivity contribution in [1.29, 1.82) is 0 Å². The number of halogens is 6. The number of para-hydroxylation sites is 2. The van der Waals surface area contributed by atoms with Crippen LogP contribution in [0.5, 0.6) is 0 Å². The van der Waals surface area contributed by atoms with Crippen LogP contribution in [0.15, 0.2) is 48.5 Å². The van der Waals surface area contributed by atoms with Crippen LogP contribution in [0.4, 0.5) is 26.3 Å². The van der Waals surface area contributed by atoms with Crippen LogP contribution in [0.2, 0.25) is 0 Å². The average Bonchev–Trinajstić information content (AvgIpc) is 3.09. The van der Waals surface area contributed by atoms with E-state index in [9.17, 15) is 26.3 Å². The monoisotopic (exact) mass is 450 g/mol. The van der Waals surface area contributed by atoms with E-state index in [4.69, 9.17) is 9.90 Å². The van der Waals surface area contributed by atoms with Gasteiger partial charge >= 0.3 is 18.3 Å². The molecule has 0 radical (unpaired) electrons. The lowest BCUT2D eigenvalue weighted by Gasteiger charge is -2.13. The normalized spacial score (nSPS) is 12.9. The number of fused-ring (bicyclic) bond motifs is 1. The number of hydrogen-bond acceptors (Lipinski definition) is 3. The van der Waals surface area contributed by atoms with E-state index in [2.05, 4.69) is 22.6 Å². The predicted octanol–water partition coefficient (Wildman–Crippen LogP) is 5.47. The van der Waals surface area contributed by atoms with E-state index in [1.165, 1.54) is 12.1 Å². The summed E-state index contributed by atoms with van der Waals surface area (Å²) >= 11 is 4.37. The topological polar surface area (TPSA) is 66.0 Å². The Bertz CT molecular complexity index is 950. The van der Waals surface area contributed by atoms with Gasteiger partial charge in [-0.05, 0) is 36.2 Å². The fourth-order valence-corrected chi connectivity index (χ4v) is 2.83. The number of aliphatic carboxylic acids is 1. The Balaban J connectivity index is 0.000000396. The smallest absolute Gasteiger partial charge is 0.475 e. The summed E-state index contributed by atoms with van der Waals surface area (Å²) in [6.45, 7) is 0. The van der Waals surface area contributed by atoms with E-state index >= 15 is 0 Å². The van der Waals surface area contributed by atoms with E-state index in [1.54, 1.807) is 0 Å². The Hall–Kier alpha value is -2.69. The molecule has 2 aromatic carbocycles. The second-order valence-corrected chi connectivity index (χ2v) is 6.59. The number of nitrogens with zero attached hydrogens (tertiary/aromatic N) is 1. The number of carboxylic acid groups (broad SMARTS) is 1. The van der Waals surface area contributed by atoms with Crippen molar-refractivity contribution in [3.63, 3.8) is 0 Å². The minimum Gasteiger partial charge on any atom is -0.475 e. The molecule has 0 aliphatic heterocycles. The number of carboxylic acids is 1. The Kier molecular flexibility index (Phi) is 7.40. The summed E-state index contributed by atoms with van der Waals surface area (Å²) in [5.74, 6) is -1.38. The highest BCUT2D eigenvalue weighted by Crippen LogP contribution is 2.30. The molecule has 0 unspecified atom stereocenters. The highest BCUT2D eigenvalue weighted by molar-refractivity contribution is 7.80. The third-order valence-electron chi connectivity index (χ3n) is 4.02. The maximum atomic E-state index is 12.6. The molecule has 0 saturated heterocycles. The molecule has 11 heteroatoms. The van der Waals surface area contributed by atoms with Crippen molar-refractivity contribution in [2.45, 2.75) is 24.7 Å². The van der Waals surface area contributed by atoms with Crippen molar-refractivity contribution in [1.82, 2.24) is 9.97 Å². The van der Waals surface area contributed by atoms with E-state index in [0.717, 1.165) is 34.6 Å². The van der Waals surface area contributed by atoms with Gasteiger partial charge in [0.2, 0.25) is 0 Å². The molecule has 0 spiro atoms. The van der Waals surface area contributed by atoms with Crippen molar-refractivity contribution in [2.75, 3.05) is 5.75 Å². The van der Waals surface area contributed by atoms with Crippen LogP contribution in [0.25, 0.3) is 11.0 Å². The number of aromatic nitrogens is 2. The molecule has 0 aliphatic rings. The number of rotatable bonds is 4. The molecule has 1 heterocycles. The van der Waals surface area contributed by atoms with E-state index < -0.39 is 23.9 Å². The lowest BCUT2D eigenvalue weighted by Crippen LogP contribution is -2.21. The second kappa shape index (κ2) is 9.41. The minimum atomic E-state index is -5.08. The average molecular weight is 450 g/mol. The zero-order chi connectivity index (χ0) is 22.5. The number of H-pyrrole nitrogens is 1. The van der Waals surface area contributed by atoms with Gasteiger partial charge in [0.05, 0.1) is 16.6 Å². The van der Waals surface area contributed by atoms with Gasteiger partial charge in [-0.2, -0.15) is 39.0 Å². The largest absolute Gasteiger partial charge is 0.490 e. The quantitative estimate of drug-likeness (QED) is 0.365. The predicted molar refractivity (Wildman–Crippen MR) is 102 cm³/mol. The number of nitrogens with one attached hydrogen (secondary N) is 1. The number of aromatic amines is 1. The maximum absolute atomic E-state index is 12.6. The molecule has 0 amide bonds. The summed E-state index contributed by atoms with van der Waals surface area (Å²) in [5, 5.41) is 7.12. The summed E-state index contributed by atoms with van der Waals surface area (Å²) in [7, 11) is 0. The Morgan fingerprint density at radius 1 is 1.03 bits per heavy atom. The van der Waals surface area contributed by atoms with E-state index in [-0.39, 0.29) is 5.92 Å². The Morgan fingerprint density at radius 3 is 2.07 bits per heavy atom. The summed E-state index contributed by atoms with van der Waals surface area (Å²) in [5.41, 5.74) is 2.02. The lowest BCUT2D eigenvalue weighted by atomic mass is 9.99. The zero-order valence-corrected chi connectivity index (χ0v) is 16.0. The van der Waals surface area contributed by atoms with Crippen LogP contribution in [0.3, 0.4) is 0 Å². The molecule has 4 nitrogen and oxygen atoms in total. The summed E-state index contributed by atoms with van der Waals surface area (Å²) in [4.78, 5) is 16.7. The molecule has 0 bridgehead atoms. The molecule has 1 aromatic heterocycles. The first-order valence-electron chi connectivity index (χ1n) is 8.43. The third kappa shape index (κ3) is 6.41. The first-order chi connectivity index (χ1) is 13.9. The molecular formula is C19H16F6N2O2S. The first-order valence-corrected chi connectivity index (χ1v) is 9.06. The van der Waals surface area contributed by atoms with Crippen LogP contribution < -0.4 is 0 Å².